The second-order valence-electron chi connectivity index (χ2n) is 4.21. The Morgan fingerprint density at radius 3 is 2.81 bits per heavy atom. The first-order valence-corrected chi connectivity index (χ1v) is 6.72. The number of hydrogen-bond donors (Lipinski definition) is 0. The minimum atomic E-state index is -0.171. The van der Waals surface area contributed by atoms with E-state index in [2.05, 4.69) is 9.96 Å². The second kappa shape index (κ2) is 4.29. The van der Waals surface area contributed by atoms with Crippen molar-refractivity contribution >= 4 is 25.3 Å². The van der Waals surface area contributed by atoms with Crippen LogP contribution in [0.1, 0.15) is 19.4 Å². The molecule has 0 spiro atoms. The molecule has 2 rings (SSSR count). The molecule has 0 aliphatic carbocycles. The molecule has 1 aliphatic rings. The van der Waals surface area contributed by atoms with Gasteiger partial charge in [-0.1, -0.05) is 0 Å². The summed E-state index contributed by atoms with van der Waals surface area (Å²) in [6, 6.07) is 7.83. The Balaban J connectivity index is 2.38. The van der Waals surface area contributed by atoms with Gasteiger partial charge in [-0.3, -0.25) is 0 Å². The maximum atomic E-state index is 8.79. The van der Waals surface area contributed by atoms with Gasteiger partial charge in [-0.2, -0.15) is 0 Å². The molecule has 0 saturated carbocycles. The van der Waals surface area contributed by atoms with Crippen LogP contribution in [0.3, 0.4) is 0 Å². The van der Waals surface area contributed by atoms with Gasteiger partial charge in [0, 0.05) is 0 Å². The Labute approximate surface area is 101 Å². The van der Waals surface area contributed by atoms with Gasteiger partial charge in [0.25, 0.3) is 0 Å². The normalized spacial score (nSPS) is 17.4. The van der Waals surface area contributed by atoms with Gasteiger partial charge in [0.2, 0.25) is 0 Å². The quantitative estimate of drug-likeness (QED) is 0.760. The Morgan fingerprint density at radius 2 is 2.19 bits per heavy atom. The molecule has 0 bridgehead atoms. The molecule has 1 aliphatic heterocycles. The van der Waals surface area contributed by atoms with Crippen LogP contribution in [-0.4, -0.2) is 33.0 Å². The van der Waals surface area contributed by atoms with E-state index in [1.165, 1.54) is 0 Å². The van der Waals surface area contributed by atoms with Gasteiger partial charge in [-0.25, -0.2) is 0 Å². The zero-order valence-corrected chi connectivity index (χ0v) is 10.9. The fraction of sp³-hybridized carbons (Fsp3) is 0.333. The molecule has 1 heterocycles. The van der Waals surface area contributed by atoms with E-state index >= 15 is 0 Å². The molecule has 0 unspecified atom stereocenters. The van der Waals surface area contributed by atoms with Crippen molar-refractivity contribution in [1.29, 1.82) is 5.26 Å². The zero-order valence-electron chi connectivity index (χ0n) is 9.23. The first-order valence-electron chi connectivity index (χ1n) is 5.00. The maximum absolute atomic E-state index is 8.79. The number of hydrogen-bond acceptors (Lipinski definition) is 3. The molecule has 0 fully saturated rings. The molecule has 4 heteroatoms. The van der Waals surface area contributed by atoms with Crippen molar-refractivity contribution in [1.82, 2.24) is 0 Å². The standard InChI is InChI=1S/C12H12N2OSe/c1-12(2)7-15-11(14-12)9-5-3-4-6-10(9)16-8-13/h3-6H,7H2,1-2H3. The van der Waals surface area contributed by atoms with Gasteiger partial charge in [-0.15, -0.1) is 0 Å². The van der Waals surface area contributed by atoms with Crippen molar-refractivity contribution in [2.24, 2.45) is 4.99 Å². The summed E-state index contributed by atoms with van der Waals surface area (Å²) in [7, 11) is 0. The predicted molar refractivity (Wildman–Crippen MR) is 64.0 cm³/mol. The van der Waals surface area contributed by atoms with Gasteiger partial charge < -0.3 is 0 Å². The molecular weight excluding hydrogens is 267 g/mol. The summed E-state index contributed by atoms with van der Waals surface area (Å²) in [5.74, 6) is 0.678. The van der Waals surface area contributed by atoms with Gasteiger partial charge in [0.05, 0.1) is 0 Å². The Morgan fingerprint density at radius 1 is 1.44 bits per heavy atom. The predicted octanol–water partition coefficient (Wildman–Crippen LogP) is 1.05. The summed E-state index contributed by atoms with van der Waals surface area (Å²) in [6.07, 6.45) is 0. The summed E-state index contributed by atoms with van der Waals surface area (Å²) < 4.78 is 6.63. The third-order valence-corrected chi connectivity index (χ3v) is 3.64. The molecule has 16 heavy (non-hydrogen) atoms. The molecule has 0 N–H and O–H groups in total. The van der Waals surface area contributed by atoms with Crippen molar-refractivity contribution in [3.05, 3.63) is 29.8 Å². The van der Waals surface area contributed by atoms with Crippen molar-refractivity contribution < 1.29 is 4.74 Å². The van der Waals surface area contributed by atoms with E-state index in [0.29, 0.717) is 12.5 Å². The number of ether oxygens (including phenoxy) is 1. The molecule has 0 atom stereocenters. The fourth-order valence-corrected chi connectivity index (χ4v) is 2.57. The van der Waals surface area contributed by atoms with Gasteiger partial charge in [-0.05, 0) is 0 Å². The third kappa shape index (κ3) is 2.27. The van der Waals surface area contributed by atoms with Crippen molar-refractivity contribution in [2.45, 2.75) is 19.4 Å². The van der Waals surface area contributed by atoms with Gasteiger partial charge in [0.1, 0.15) is 0 Å². The van der Waals surface area contributed by atoms with E-state index in [9.17, 15) is 0 Å². The Bertz CT molecular complexity index is 474. The van der Waals surface area contributed by atoms with Crippen LogP contribution >= 0.6 is 0 Å². The van der Waals surface area contributed by atoms with Crippen LogP contribution in [0.25, 0.3) is 0 Å². The monoisotopic (exact) mass is 280 g/mol. The van der Waals surface area contributed by atoms with Crippen molar-refractivity contribution in [3.63, 3.8) is 0 Å². The van der Waals surface area contributed by atoms with Gasteiger partial charge in [0.15, 0.2) is 0 Å². The second-order valence-corrected chi connectivity index (χ2v) is 5.94. The first-order chi connectivity index (χ1) is 7.62. The molecule has 1 aromatic rings. The van der Waals surface area contributed by atoms with E-state index in [-0.39, 0.29) is 20.5 Å². The van der Waals surface area contributed by atoms with Crippen molar-refractivity contribution in [3.8, 4) is 4.97 Å². The number of aliphatic imine (C=N–C) groups is 1. The van der Waals surface area contributed by atoms with Crippen LogP contribution in [0.5, 0.6) is 0 Å². The van der Waals surface area contributed by atoms with E-state index in [1.807, 2.05) is 38.1 Å². The molecule has 82 valence electrons. The zero-order chi connectivity index (χ0) is 11.6. The number of benzene rings is 1. The van der Waals surface area contributed by atoms with E-state index < -0.39 is 0 Å². The molecular formula is C12H12N2OSe. The van der Waals surface area contributed by atoms with Crippen molar-refractivity contribution in [2.75, 3.05) is 6.61 Å². The molecule has 1 aromatic carbocycles. The average molecular weight is 279 g/mol. The Kier molecular flexibility index (Phi) is 3.00. The summed E-state index contributed by atoms with van der Waals surface area (Å²) in [5, 5.41) is 8.79. The molecule has 0 aromatic heterocycles. The van der Waals surface area contributed by atoms with Crippen LogP contribution in [0.2, 0.25) is 0 Å². The van der Waals surface area contributed by atoms with Crippen LogP contribution in [0.15, 0.2) is 29.3 Å². The number of nitriles is 1. The summed E-state index contributed by atoms with van der Waals surface area (Å²) in [6.45, 7) is 4.69. The SMILES string of the molecule is CC1(C)COC(c2ccccc2[Se]C#N)=N1. The summed E-state index contributed by atoms with van der Waals surface area (Å²) >= 11 is -0.171. The minimum absolute atomic E-state index is 0.151. The van der Waals surface area contributed by atoms with Crippen LogP contribution in [0.4, 0.5) is 0 Å². The number of nitrogens with zero attached hydrogens (tertiary/aromatic N) is 2. The molecule has 3 nitrogen and oxygen atoms in total. The van der Waals surface area contributed by atoms with E-state index in [0.717, 1.165) is 10.0 Å². The third-order valence-electron chi connectivity index (χ3n) is 2.24. The summed E-state index contributed by atoms with van der Waals surface area (Å²) in [5.41, 5.74) is 0.817. The van der Waals surface area contributed by atoms with Crippen LogP contribution in [0, 0.1) is 10.2 Å². The molecule has 0 amide bonds. The first kappa shape index (κ1) is 11.2. The van der Waals surface area contributed by atoms with E-state index in [1.54, 1.807) is 0 Å². The fourth-order valence-electron chi connectivity index (χ4n) is 1.50. The van der Waals surface area contributed by atoms with E-state index in [4.69, 9.17) is 10.00 Å². The topological polar surface area (TPSA) is 45.4 Å². The average Bonchev–Trinajstić information content (AvgIpc) is 2.60. The van der Waals surface area contributed by atoms with Crippen LogP contribution in [-0.2, 0) is 4.74 Å². The molecule has 0 saturated heterocycles. The Hall–Kier alpha value is -1.30. The number of rotatable bonds is 2. The van der Waals surface area contributed by atoms with Gasteiger partial charge >= 0.3 is 101 Å². The molecule has 0 radical (unpaired) electrons. The van der Waals surface area contributed by atoms with Crippen LogP contribution < -0.4 is 4.46 Å². The summed E-state index contributed by atoms with van der Waals surface area (Å²) in [4.78, 5) is 6.75.